The fraction of sp³-hybridized carbons (Fsp3) is 0.152. The topological polar surface area (TPSA) is 135 Å². The second kappa shape index (κ2) is 16.0. The van der Waals surface area contributed by atoms with Crippen LogP contribution in [0.25, 0.3) is 22.3 Å². The molecule has 0 aromatic heterocycles. The Labute approximate surface area is 249 Å². The van der Waals surface area contributed by atoms with Crippen molar-refractivity contribution in [2.75, 3.05) is 13.2 Å². The Balaban J connectivity index is 1.03. The fourth-order valence-corrected chi connectivity index (χ4v) is 3.93. The zero-order chi connectivity index (χ0) is 30.3. The molecule has 0 saturated carbocycles. The number of benzene rings is 4. The molecular formula is C33H32N4O6. The van der Waals surface area contributed by atoms with Crippen molar-refractivity contribution in [2.24, 2.45) is 0 Å². The van der Waals surface area contributed by atoms with Gasteiger partial charge in [-0.15, -0.1) is 0 Å². The zero-order valence-corrected chi connectivity index (χ0v) is 23.4. The van der Waals surface area contributed by atoms with E-state index in [0.29, 0.717) is 11.5 Å². The van der Waals surface area contributed by atoms with Gasteiger partial charge in [-0.05, 0) is 52.9 Å². The summed E-state index contributed by atoms with van der Waals surface area (Å²) in [5, 5.41) is 0. The molecule has 10 nitrogen and oxygen atoms in total. The lowest BCUT2D eigenvalue weighted by atomic mass is 10.1. The molecule has 43 heavy (non-hydrogen) atoms. The van der Waals surface area contributed by atoms with E-state index < -0.39 is 23.6 Å². The summed E-state index contributed by atoms with van der Waals surface area (Å²) in [5.41, 5.74) is 13.3. The van der Waals surface area contributed by atoms with Crippen LogP contribution in [-0.4, -0.2) is 36.8 Å². The highest BCUT2D eigenvalue weighted by atomic mass is 16.5. The monoisotopic (exact) mass is 580 g/mol. The Morgan fingerprint density at radius 2 is 0.744 bits per heavy atom. The lowest BCUT2D eigenvalue weighted by Crippen LogP contribution is -2.44. The minimum Gasteiger partial charge on any atom is -0.484 e. The van der Waals surface area contributed by atoms with Crippen molar-refractivity contribution in [3.8, 4) is 33.8 Å². The molecule has 0 aliphatic rings. The molecule has 220 valence electrons. The standard InChI is InChI=1S/C33H32N4O6/c38-30(34-36-32(40)22-42-28-18-14-26(15-19-28)24-8-3-1-4-9-24)12-7-13-31(39)35-37-33(41)23-43-29-20-16-27(17-21-29)25-10-5-2-6-11-25/h1-6,8-11,14-21H,7,12-13,22-23H2,(H,34,38)(H,35,39)(H,36,40)(H,37,41). The maximum atomic E-state index is 12.0. The maximum Gasteiger partial charge on any atom is 0.276 e. The molecular weight excluding hydrogens is 548 g/mol. The number of hydrazine groups is 2. The molecule has 4 aromatic carbocycles. The highest BCUT2D eigenvalue weighted by Crippen LogP contribution is 2.23. The first-order valence-electron chi connectivity index (χ1n) is 13.7. The number of carbonyl (C=O) groups is 4. The van der Waals surface area contributed by atoms with E-state index in [0.717, 1.165) is 22.3 Å². The van der Waals surface area contributed by atoms with E-state index in [1.165, 1.54) is 0 Å². The molecule has 0 fully saturated rings. The molecule has 0 spiro atoms. The van der Waals surface area contributed by atoms with Crippen molar-refractivity contribution >= 4 is 23.6 Å². The van der Waals surface area contributed by atoms with Crippen molar-refractivity contribution in [1.29, 1.82) is 0 Å². The molecule has 0 bridgehead atoms. The van der Waals surface area contributed by atoms with Crippen LogP contribution in [0.15, 0.2) is 109 Å². The van der Waals surface area contributed by atoms with E-state index in [1.54, 1.807) is 24.3 Å². The molecule has 0 aliphatic heterocycles. The molecule has 0 unspecified atom stereocenters. The largest absolute Gasteiger partial charge is 0.484 e. The van der Waals surface area contributed by atoms with Gasteiger partial charge in [-0.1, -0.05) is 84.9 Å². The van der Waals surface area contributed by atoms with Crippen LogP contribution in [0.5, 0.6) is 11.5 Å². The lowest BCUT2D eigenvalue weighted by molar-refractivity contribution is -0.131. The highest BCUT2D eigenvalue weighted by Gasteiger charge is 2.10. The van der Waals surface area contributed by atoms with Gasteiger partial charge in [-0.25, -0.2) is 0 Å². The SMILES string of the molecule is O=C(CCCC(=O)NNC(=O)COc1ccc(-c2ccccc2)cc1)NNC(=O)COc1ccc(-c2ccccc2)cc1. The third-order valence-corrected chi connectivity index (χ3v) is 6.15. The predicted octanol–water partition coefficient (Wildman–Crippen LogP) is 3.94. The number of ether oxygens (including phenoxy) is 2. The van der Waals surface area contributed by atoms with Crippen LogP contribution in [-0.2, 0) is 19.2 Å². The first-order chi connectivity index (χ1) is 21.0. The Kier molecular flexibility index (Phi) is 11.3. The van der Waals surface area contributed by atoms with Crippen molar-refractivity contribution in [1.82, 2.24) is 21.7 Å². The average Bonchev–Trinajstić information content (AvgIpc) is 3.05. The first-order valence-corrected chi connectivity index (χ1v) is 13.7. The number of nitrogens with one attached hydrogen (secondary N) is 4. The summed E-state index contributed by atoms with van der Waals surface area (Å²) in [4.78, 5) is 47.9. The normalized spacial score (nSPS) is 10.2. The van der Waals surface area contributed by atoms with Gasteiger partial charge >= 0.3 is 0 Å². The molecule has 4 aromatic rings. The third kappa shape index (κ3) is 10.4. The summed E-state index contributed by atoms with van der Waals surface area (Å²) in [6.45, 7) is -0.564. The molecule has 0 atom stereocenters. The number of hydrogen-bond acceptors (Lipinski definition) is 6. The van der Waals surface area contributed by atoms with Crippen LogP contribution in [0.3, 0.4) is 0 Å². The van der Waals surface area contributed by atoms with E-state index in [9.17, 15) is 19.2 Å². The Morgan fingerprint density at radius 1 is 0.419 bits per heavy atom. The number of rotatable bonds is 12. The van der Waals surface area contributed by atoms with Crippen LogP contribution < -0.4 is 31.2 Å². The molecule has 0 heterocycles. The fourth-order valence-electron chi connectivity index (χ4n) is 3.93. The predicted molar refractivity (Wildman–Crippen MR) is 161 cm³/mol. The van der Waals surface area contributed by atoms with Gasteiger partial charge in [0.25, 0.3) is 11.8 Å². The summed E-state index contributed by atoms with van der Waals surface area (Å²) >= 11 is 0. The molecule has 4 amide bonds. The molecule has 0 saturated heterocycles. The quantitative estimate of drug-likeness (QED) is 0.188. The second-order valence-corrected chi connectivity index (χ2v) is 9.40. The van der Waals surface area contributed by atoms with Crippen LogP contribution in [0.1, 0.15) is 19.3 Å². The van der Waals surface area contributed by atoms with Crippen LogP contribution in [0.2, 0.25) is 0 Å². The summed E-state index contributed by atoms with van der Waals surface area (Å²) in [6.07, 6.45) is 0.189. The molecule has 10 heteroatoms. The van der Waals surface area contributed by atoms with Crippen LogP contribution in [0, 0.1) is 0 Å². The van der Waals surface area contributed by atoms with E-state index in [2.05, 4.69) is 21.7 Å². The van der Waals surface area contributed by atoms with E-state index in [1.807, 2.05) is 84.9 Å². The van der Waals surface area contributed by atoms with Gasteiger partial charge < -0.3 is 9.47 Å². The summed E-state index contributed by atoms with van der Waals surface area (Å²) in [7, 11) is 0. The number of carbonyl (C=O) groups excluding carboxylic acids is 4. The smallest absolute Gasteiger partial charge is 0.276 e. The van der Waals surface area contributed by atoms with Gasteiger partial charge in [0.15, 0.2) is 13.2 Å². The Bertz CT molecular complexity index is 1380. The number of amides is 4. The van der Waals surface area contributed by atoms with Crippen molar-refractivity contribution < 1.29 is 28.7 Å². The van der Waals surface area contributed by atoms with Crippen molar-refractivity contribution in [2.45, 2.75) is 19.3 Å². The third-order valence-electron chi connectivity index (χ3n) is 6.15. The van der Waals surface area contributed by atoms with Gasteiger partial charge in [0.1, 0.15) is 11.5 Å². The van der Waals surface area contributed by atoms with E-state index in [-0.39, 0.29) is 32.5 Å². The Hall–Kier alpha value is -5.64. The molecule has 4 rings (SSSR count). The van der Waals surface area contributed by atoms with E-state index in [4.69, 9.17) is 9.47 Å². The second-order valence-electron chi connectivity index (χ2n) is 9.40. The van der Waals surface area contributed by atoms with E-state index >= 15 is 0 Å². The highest BCUT2D eigenvalue weighted by molar-refractivity contribution is 5.84. The van der Waals surface area contributed by atoms with Gasteiger partial charge in [0, 0.05) is 12.8 Å². The van der Waals surface area contributed by atoms with Crippen LogP contribution >= 0.6 is 0 Å². The summed E-state index contributed by atoms with van der Waals surface area (Å²) in [5.74, 6) is -0.967. The first kappa shape index (κ1) is 30.3. The molecule has 0 radical (unpaired) electrons. The summed E-state index contributed by atoms with van der Waals surface area (Å²) < 4.78 is 10.9. The average molecular weight is 581 g/mol. The Morgan fingerprint density at radius 3 is 1.12 bits per heavy atom. The van der Waals surface area contributed by atoms with Crippen molar-refractivity contribution in [3.63, 3.8) is 0 Å². The van der Waals surface area contributed by atoms with Gasteiger partial charge in [-0.2, -0.15) is 0 Å². The molecule has 0 aliphatic carbocycles. The number of hydrogen-bond donors (Lipinski definition) is 4. The minimum atomic E-state index is -0.532. The van der Waals surface area contributed by atoms with Gasteiger partial charge in [0.05, 0.1) is 0 Å². The zero-order valence-electron chi connectivity index (χ0n) is 23.4. The van der Waals surface area contributed by atoms with Gasteiger partial charge in [0.2, 0.25) is 11.8 Å². The summed E-state index contributed by atoms with van der Waals surface area (Å²) in [6, 6.07) is 34.4. The van der Waals surface area contributed by atoms with Gasteiger partial charge in [-0.3, -0.25) is 40.9 Å². The van der Waals surface area contributed by atoms with Crippen LogP contribution in [0.4, 0.5) is 0 Å². The van der Waals surface area contributed by atoms with Crippen molar-refractivity contribution in [3.05, 3.63) is 109 Å². The molecule has 4 N–H and O–H groups in total. The maximum absolute atomic E-state index is 12.0. The lowest BCUT2D eigenvalue weighted by Gasteiger charge is -2.10. The minimum absolute atomic E-state index is 0.00839.